The van der Waals surface area contributed by atoms with Crippen molar-refractivity contribution in [2.75, 3.05) is 32.9 Å². The lowest BCUT2D eigenvalue weighted by atomic mass is 9.87. The first kappa shape index (κ1) is 28.9. The zero-order valence-electron chi connectivity index (χ0n) is 23.8. The summed E-state index contributed by atoms with van der Waals surface area (Å²) < 4.78 is 24.2. The molecule has 1 aliphatic rings. The van der Waals surface area contributed by atoms with Crippen LogP contribution < -0.4 is 14.8 Å². The van der Waals surface area contributed by atoms with Crippen LogP contribution in [0.25, 0.3) is 10.8 Å². The van der Waals surface area contributed by atoms with E-state index in [2.05, 4.69) is 78.6 Å². The quantitative estimate of drug-likeness (QED) is 0.123. The maximum absolute atomic E-state index is 6.46. The maximum Gasteiger partial charge on any atom is 0.124 e. The zero-order chi connectivity index (χ0) is 28.1. The minimum absolute atomic E-state index is 0.136. The van der Waals surface area contributed by atoms with E-state index in [-0.39, 0.29) is 6.10 Å². The predicted molar refractivity (Wildman–Crippen MR) is 166 cm³/mol. The Labute approximate surface area is 244 Å². The number of ether oxygens (including phenoxy) is 4. The molecule has 2 atom stereocenters. The number of fused-ring (bicyclic) bond motifs is 1. The molecule has 1 fully saturated rings. The first-order chi connectivity index (χ1) is 20.3. The summed E-state index contributed by atoms with van der Waals surface area (Å²) in [5.41, 5.74) is 3.58. The smallest absolute Gasteiger partial charge is 0.124 e. The topological polar surface area (TPSA) is 49.0 Å². The second kappa shape index (κ2) is 15.4. The number of hydrogen-bond donors (Lipinski definition) is 1. The summed E-state index contributed by atoms with van der Waals surface area (Å²) in [5, 5.41) is 6.02. The van der Waals surface area contributed by atoms with Gasteiger partial charge in [0.15, 0.2) is 0 Å². The van der Waals surface area contributed by atoms with Crippen LogP contribution in [-0.4, -0.2) is 39.0 Å². The van der Waals surface area contributed by atoms with Crippen molar-refractivity contribution < 1.29 is 18.9 Å². The molecule has 4 aromatic rings. The van der Waals surface area contributed by atoms with Crippen LogP contribution in [-0.2, 0) is 22.7 Å². The van der Waals surface area contributed by atoms with Crippen molar-refractivity contribution in [2.24, 2.45) is 0 Å². The summed E-state index contributed by atoms with van der Waals surface area (Å²) in [5.74, 6) is 2.13. The zero-order valence-corrected chi connectivity index (χ0v) is 23.8. The van der Waals surface area contributed by atoms with Crippen LogP contribution in [0.3, 0.4) is 0 Å². The van der Waals surface area contributed by atoms with Gasteiger partial charge < -0.3 is 24.3 Å². The highest BCUT2D eigenvalue weighted by Gasteiger charge is 2.27. The average molecular weight is 552 g/mol. The Morgan fingerprint density at radius 3 is 2.51 bits per heavy atom. The van der Waals surface area contributed by atoms with Gasteiger partial charge in [0.05, 0.1) is 39.1 Å². The number of benzene rings is 4. The molecule has 2 unspecified atom stereocenters. The van der Waals surface area contributed by atoms with Crippen molar-refractivity contribution in [2.45, 2.75) is 44.5 Å². The van der Waals surface area contributed by atoms with Gasteiger partial charge in [0, 0.05) is 24.4 Å². The standard InChI is InChI=1S/C36H41NO4/c1-2-3-22-40-35-12-7-6-11-32(35)27-38-21-8-23-39-33-17-15-30(16-18-33)34-19-20-37-25-36(34)41-26-28-13-14-29-9-4-5-10-31(29)24-28/h2,4-7,9-18,24,34,36-37H,1,3,8,19-23,25-27H2. The molecule has 41 heavy (non-hydrogen) atoms. The fourth-order valence-corrected chi connectivity index (χ4v) is 5.28. The fraction of sp³-hybridized carbons (Fsp3) is 0.333. The molecule has 5 heteroatoms. The summed E-state index contributed by atoms with van der Waals surface area (Å²) in [6, 6.07) is 31.6. The molecule has 5 rings (SSSR count). The Bertz CT molecular complexity index is 1370. The van der Waals surface area contributed by atoms with E-state index in [1.165, 1.54) is 21.9 Å². The van der Waals surface area contributed by atoms with Gasteiger partial charge in [-0.2, -0.15) is 0 Å². The summed E-state index contributed by atoms with van der Waals surface area (Å²) in [7, 11) is 0. The van der Waals surface area contributed by atoms with Crippen molar-refractivity contribution in [3.8, 4) is 11.5 Å². The number of nitrogens with one attached hydrogen (secondary N) is 1. The molecule has 214 valence electrons. The summed E-state index contributed by atoms with van der Waals surface area (Å²) >= 11 is 0. The first-order valence-electron chi connectivity index (χ1n) is 14.7. The van der Waals surface area contributed by atoms with Crippen LogP contribution in [0.4, 0.5) is 0 Å². The van der Waals surface area contributed by atoms with Crippen LogP contribution in [0.5, 0.6) is 11.5 Å². The van der Waals surface area contributed by atoms with E-state index in [1.807, 2.05) is 30.3 Å². The highest BCUT2D eigenvalue weighted by atomic mass is 16.5. The van der Waals surface area contributed by atoms with Crippen molar-refractivity contribution >= 4 is 10.8 Å². The monoisotopic (exact) mass is 551 g/mol. The van der Waals surface area contributed by atoms with Gasteiger partial charge in [-0.05, 0) is 65.6 Å². The minimum atomic E-state index is 0.136. The Balaban J connectivity index is 1.05. The third-order valence-corrected chi connectivity index (χ3v) is 7.52. The Hall–Kier alpha value is -3.64. The van der Waals surface area contributed by atoms with Crippen LogP contribution >= 0.6 is 0 Å². The van der Waals surface area contributed by atoms with E-state index in [9.17, 15) is 0 Å². The molecular weight excluding hydrogens is 510 g/mol. The molecule has 4 aromatic carbocycles. The predicted octanol–water partition coefficient (Wildman–Crippen LogP) is 7.44. The highest BCUT2D eigenvalue weighted by molar-refractivity contribution is 5.82. The number of hydrogen-bond acceptors (Lipinski definition) is 5. The largest absolute Gasteiger partial charge is 0.494 e. The van der Waals surface area contributed by atoms with Gasteiger partial charge in [-0.1, -0.05) is 72.8 Å². The fourth-order valence-electron chi connectivity index (χ4n) is 5.28. The number of piperidine rings is 1. The van der Waals surface area contributed by atoms with Crippen LogP contribution in [0.15, 0.2) is 104 Å². The molecule has 0 saturated carbocycles. The molecule has 1 aliphatic heterocycles. The van der Waals surface area contributed by atoms with E-state index >= 15 is 0 Å². The molecule has 0 bridgehead atoms. The van der Waals surface area contributed by atoms with Gasteiger partial charge in [-0.25, -0.2) is 0 Å². The van der Waals surface area contributed by atoms with Gasteiger partial charge in [0.1, 0.15) is 11.5 Å². The van der Waals surface area contributed by atoms with Crippen LogP contribution in [0.1, 0.15) is 41.9 Å². The second-order valence-corrected chi connectivity index (χ2v) is 10.5. The minimum Gasteiger partial charge on any atom is -0.494 e. The van der Waals surface area contributed by atoms with Gasteiger partial charge in [-0.3, -0.25) is 0 Å². The molecule has 0 radical (unpaired) electrons. The Kier molecular flexibility index (Phi) is 10.8. The van der Waals surface area contributed by atoms with Gasteiger partial charge in [0.25, 0.3) is 0 Å². The lowest BCUT2D eigenvalue weighted by Crippen LogP contribution is -2.40. The third-order valence-electron chi connectivity index (χ3n) is 7.52. The molecular formula is C36H41NO4. The van der Waals surface area contributed by atoms with Crippen molar-refractivity contribution in [1.82, 2.24) is 5.32 Å². The second-order valence-electron chi connectivity index (χ2n) is 10.5. The molecule has 0 spiro atoms. The summed E-state index contributed by atoms with van der Waals surface area (Å²) in [6.45, 7) is 8.62. The highest BCUT2D eigenvalue weighted by Crippen LogP contribution is 2.30. The van der Waals surface area contributed by atoms with Crippen LogP contribution in [0, 0.1) is 0 Å². The van der Waals surface area contributed by atoms with Crippen molar-refractivity contribution in [3.63, 3.8) is 0 Å². The molecule has 0 aromatic heterocycles. The summed E-state index contributed by atoms with van der Waals surface area (Å²) in [4.78, 5) is 0. The van der Waals surface area contributed by atoms with E-state index in [4.69, 9.17) is 18.9 Å². The average Bonchev–Trinajstić information content (AvgIpc) is 3.03. The number of rotatable bonds is 15. The molecule has 5 nitrogen and oxygen atoms in total. The molecule has 0 amide bonds. The SMILES string of the molecule is C=CCCOc1ccccc1COCCCOc1ccc(C2CCNCC2OCc2ccc3ccccc3c2)cc1. The van der Waals surface area contributed by atoms with E-state index in [0.717, 1.165) is 49.4 Å². The summed E-state index contributed by atoms with van der Waals surface area (Å²) in [6.07, 6.45) is 4.70. The first-order valence-corrected chi connectivity index (χ1v) is 14.7. The van der Waals surface area contributed by atoms with E-state index in [1.54, 1.807) is 0 Å². The van der Waals surface area contributed by atoms with Crippen LogP contribution in [0.2, 0.25) is 0 Å². The van der Waals surface area contributed by atoms with Crippen molar-refractivity contribution in [3.05, 3.63) is 120 Å². The van der Waals surface area contributed by atoms with Gasteiger partial charge in [-0.15, -0.1) is 6.58 Å². The lowest BCUT2D eigenvalue weighted by Gasteiger charge is -2.32. The Morgan fingerprint density at radius 2 is 1.63 bits per heavy atom. The van der Waals surface area contributed by atoms with E-state index < -0.39 is 0 Å². The van der Waals surface area contributed by atoms with E-state index in [0.29, 0.717) is 39.0 Å². The Morgan fingerprint density at radius 1 is 0.805 bits per heavy atom. The van der Waals surface area contributed by atoms with Crippen molar-refractivity contribution in [1.29, 1.82) is 0 Å². The lowest BCUT2D eigenvalue weighted by molar-refractivity contribution is 0.0106. The third kappa shape index (κ3) is 8.43. The molecule has 1 heterocycles. The molecule has 0 aliphatic carbocycles. The number of para-hydroxylation sites is 1. The molecule has 1 saturated heterocycles. The van der Waals surface area contributed by atoms with Gasteiger partial charge in [0.2, 0.25) is 0 Å². The molecule has 1 N–H and O–H groups in total. The maximum atomic E-state index is 6.46. The van der Waals surface area contributed by atoms with Gasteiger partial charge >= 0.3 is 0 Å². The normalized spacial score (nSPS) is 16.9.